The Morgan fingerprint density at radius 2 is 1.79 bits per heavy atom. The highest BCUT2D eigenvalue weighted by molar-refractivity contribution is 7.98. The van der Waals surface area contributed by atoms with Crippen LogP contribution < -0.4 is 5.32 Å². The van der Waals surface area contributed by atoms with Crippen LogP contribution >= 0.6 is 11.8 Å². The minimum Gasteiger partial charge on any atom is -0.308 e. The number of thioether (sulfide) groups is 1. The highest BCUT2D eigenvalue weighted by Crippen LogP contribution is 2.37. The molecule has 0 bridgehead atoms. The van der Waals surface area contributed by atoms with Gasteiger partial charge in [0.2, 0.25) is 0 Å². The number of piperazine rings is 1. The van der Waals surface area contributed by atoms with Gasteiger partial charge in [0.15, 0.2) is 0 Å². The van der Waals surface area contributed by atoms with Crippen LogP contribution in [-0.4, -0.2) is 47.6 Å². The number of nitrogens with zero attached hydrogens (tertiary/aromatic N) is 1. The fourth-order valence-corrected chi connectivity index (χ4v) is 4.48. The van der Waals surface area contributed by atoms with E-state index in [1.807, 2.05) is 11.8 Å². The molecule has 19 heavy (non-hydrogen) atoms. The molecule has 0 aromatic heterocycles. The van der Waals surface area contributed by atoms with E-state index in [1.165, 1.54) is 70.3 Å². The lowest BCUT2D eigenvalue weighted by atomic mass is 9.76. The van der Waals surface area contributed by atoms with Gasteiger partial charge < -0.3 is 5.32 Å². The average Bonchev–Trinajstić information content (AvgIpc) is 2.47. The van der Waals surface area contributed by atoms with Crippen molar-refractivity contribution in [2.45, 2.75) is 69.9 Å². The molecule has 0 radical (unpaired) electrons. The molecule has 2 aliphatic rings. The van der Waals surface area contributed by atoms with E-state index in [-0.39, 0.29) is 0 Å². The highest BCUT2D eigenvalue weighted by Gasteiger charge is 2.45. The van der Waals surface area contributed by atoms with E-state index < -0.39 is 0 Å². The molecule has 3 heteroatoms. The van der Waals surface area contributed by atoms with Crippen molar-refractivity contribution >= 4 is 11.8 Å². The van der Waals surface area contributed by atoms with Crippen molar-refractivity contribution in [2.24, 2.45) is 0 Å². The Balaban J connectivity index is 2.09. The minimum absolute atomic E-state index is 0.415. The molecule has 1 aliphatic heterocycles. The van der Waals surface area contributed by atoms with Crippen LogP contribution in [-0.2, 0) is 0 Å². The quantitative estimate of drug-likeness (QED) is 0.831. The first-order valence-corrected chi connectivity index (χ1v) is 9.59. The van der Waals surface area contributed by atoms with Crippen LogP contribution in [0.5, 0.6) is 0 Å². The van der Waals surface area contributed by atoms with Gasteiger partial charge >= 0.3 is 0 Å². The lowest BCUT2D eigenvalue weighted by Gasteiger charge is -2.56. The third-order valence-corrected chi connectivity index (χ3v) is 6.24. The first-order valence-electron chi connectivity index (χ1n) is 8.19. The molecule has 0 atom stereocenters. The third-order valence-electron chi connectivity index (χ3n) is 5.65. The van der Waals surface area contributed by atoms with Crippen LogP contribution in [0.2, 0.25) is 0 Å². The Morgan fingerprint density at radius 1 is 1.11 bits per heavy atom. The van der Waals surface area contributed by atoms with Gasteiger partial charge in [-0.05, 0) is 31.9 Å². The van der Waals surface area contributed by atoms with Crippen molar-refractivity contribution in [1.29, 1.82) is 0 Å². The largest absolute Gasteiger partial charge is 0.308 e. The number of nitrogens with one attached hydrogen (secondary N) is 1. The van der Waals surface area contributed by atoms with Crippen LogP contribution in [0.25, 0.3) is 0 Å². The van der Waals surface area contributed by atoms with E-state index in [1.54, 1.807) is 0 Å². The summed E-state index contributed by atoms with van der Waals surface area (Å²) in [6.45, 7) is 8.50. The molecule has 1 aliphatic carbocycles. The van der Waals surface area contributed by atoms with Crippen molar-refractivity contribution < 1.29 is 0 Å². The maximum atomic E-state index is 3.99. The summed E-state index contributed by atoms with van der Waals surface area (Å²) >= 11 is 1.99. The van der Waals surface area contributed by atoms with Gasteiger partial charge in [0, 0.05) is 36.5 Å². The molecule has 1 N–H and O–H groups in total. The van der Waals surface area contributed by atoms with Crippen molar-refractivity contribution in [3.63, 3.8) is 0 Å². The van der Waals surface area contributed by atoms with Gasteiger partial charge in [-0.15, -0.1) is 0 Å². The number of hydrogen-bond donors (Lipinski definition) is 1. The normalized spacial score (nSPS) is 26.7. The summed E-state index contributed by atoms with van der Waals surface area (Å²) in [5.74, 6) is 1.28. The Hall–Kier alpha value is 0.270. The second kappa shape index (κ2) is 6.82. The standard InChI is InChI=1S/C16H32N2S/c1-4-16(5-2)13-17-15(9-7-6-8-10-15)14-18(16)11-12-19-3/h17H,4-14H2,1-3H3. The molecule has 1 heterocycles. The first-order chi connectivity index (χ1) is 9.20. The molecule has 2 fully saturated rings. The topological polar surface area (TPSA) is 15.3 Å². The second-order valence-electron chi connectivity index (χ2n) is 6.54. The summed E-state index contributed by atoms with van der Waals surface area (Å²) in [6, 6.07) is 0. The minimum atomic E-state index is 0.415. The Labute approximate surface area is 124 Å². The smallest absolute Gasteiger partial charge is 0.0330 e. The van der Waals surface area contributed by atoms with Crippen molar-refractivity contribution in [2.75, 3.05) is 31.6 Å². The fraction of sp³-hybridized carbons (Fsp3) is 1.00. The Kier molecular flexibility index (Phi) is 5.62. The zero-order valence-corrected chi connectivity index (χ0v) is 14.0. The van der Waals surface area contributed by atoms with Gasteiger partial charge in [0.25, 0.3) is 0 Å². The molecule has 0 aromatic rings. The monoisotopic (exact) mass is 284 g/mol. The molecular weight excluding hydrogens is 252 g/mol. The van der Waals surface area contributed by atoms with Crippen LogP contribution in [0.4, 0.5) is 0 Å². The summed E-state index contributed by atoms with van der Waals surface area (Å²) in [5.41, 5.74) is 0.864. The van der Waals surface area contributed by atoms with Crippen LogP contribution in [0.15, 0.2) is 0 Å². The van der Waals surface area contributed by atoms with Crippen molar-refractivity contribution in [1.82, 2.24) is 10.2 Å². The molecule has 1 saturated carbocycles. The molecule has 2 nitrogen and oxygen atoms in total. The van der Waals surface area contributed by atoms with E-state index in [0.29, 0.717) is 11.1 Å². The van der Waals surface area contributed by atoms with Gasteiger partial charge in [-0.1, -0.05) is 33.1 Å². The van der Waals surface area contributed by atoms with Crippen molar-refractivity contribution in [3.8, 4) is 0 Å². The molecular formula is C16H32N2S. The van der Waals surface area contributed by atoms with E-state index in [0.717, 1.165) is 0 Å². The lowest BCUT2D eigenvalue weighted by Crippen LogP contribution is -2.70. The average molecular weight is 285 g/mol. The first kappa shape index (κ1) is 15.7. The molecule has 112 valence electrons. The Bertz CT molecular complexity index is 270. The summed E-state index contributed by atoms with van der Waals surface area (Å²) in [4.78, 5) is 2.84. The fourth-order valence-electron chi connectivity index (χ4n) is 4.08. The molecule has 2 rings (SSSR count). The highest BCUT2D eigenvalue weighted by atomic mass is 32.2. The van der Waals surface area contributed by atoms with Gasteiger partial charge in [0.05, 0.1) is 0 Å². The Morgan fingerprint density at radius 3 is 2.37 bits per heavy atom. The SMILES string of the molecule is CCC1(CC)CNC2(CCCCC2)CN1CCSC. The van der Waals surface area contributed by atoms with E-state index in [4.69, 9.17) is 0 Å². The lowest BCUT2D eigenvalue weighted by molar-refractivity contribution is -0.00968. The summed E-state index contributed by atoms with van der Waals surface area (Å²) in [7, 11) is 0. The van der Waals surface area contributed by atoms with E-state index in [2.05, 4.69) is 30.3 Å². The predicted octanol–water partition coefficient (Wildman–Crippen LogP) is 3.52. The molecule has 0 aromatic carbocycles. The summed E-state index contributed by atoms with van der Waals surface area (Å²) in [6.07, 6.45) is 11.9. The van der Waals surface area contributed by atoms with Crippen molar-refractivity contribution in [3.05, 3.63) is 0 Å². The van der Waals surface area contributed by atoms with Gasteiger partial charge in [-0.3, -0.25) is 4.90 Å². The van der Waals surface area contributed by atoms with Crippen LogP contribution in [0.3, 0.4) is 0 Å². The molecule has 1 spiro atoms. The van der Waals surface area contributed by atoms with Crippen LogP contribution in [0.1, 0.15) is 58.8 Å². The number of hydrogen-bond acceptors (Lipinski definition) is 3. The van der Waals surface area contributed by atoms with E-state index >= 15 is 0 Å². The maximum absolute atomic E-state index is 3.99. The molecule has 0 amide bonds. The van der Waals surface area contributed by atoms with Gasteiger partial charge in [-0.25, -0.2) is 0 Å². The third kappa shape index (κ3) is 3.30. The zero-order chi connectivity index (χ0) is 13.8. The van der Waals surface area contributed by atoms with Gasteiger partial charge in [0.1, 0.15) is 0 Å². The van der Waals surface area contributed by atoms with Gasteiger partial charge in [-0.2, -0.15) is 11.8 Å². The molecule has 1 saturated heterocycles. The summed E-state index contributed by atoms with van der Waals surface area (Å²) in [5, 5.41) is 3.99. The zero-order valence-electron chi connectivity index (χ0n) is 13.1. The summed E-state index contributed by atoms with van der Waals surface area (Å²) < 4.78 is 0. The van der Waals surface area contributed by atoms with E-state index in [9.17, 15) is 0 Å². The number of rotatable bonds is 5. The van der Waals surface area contributed by atoms with Crippen LogP contribution in [0, 0.1) is 0 Å². The molecule has 0 unspecified atom stereocenters. The second-order valence-corrected chi connectivity index (χ2v) is 7.53. The predicted molar refractivity (Wildman–Crippen MR) is 87.1 cm³/mol. The maximum Gasteiger partial charge on any atom is 0.0330 e.